The van der Waals surface area contributed by atoms with Gasteiger partial charge in [-0.1, -0.05) is 0 Å². The third-order valence-corrected chi connectivity index (χ3v) is 4.62. The number of amides is 1. The van der Waals surface area contributed by atoms with Crippen LogP contribution in [0.4, 0.5) is 0 Å². The second-order valence-electron chi connectivity index (χ2n) is 4.90. The van der Waals surface area contributed by atoms with Gasteiger partial charge in [0, 0.05) is 37.1 Å². The van der Waals surface area contributed by atoms with Crippen molar-refractivity contribution >= 4 is 25.6 Å². The predicted octanol–water partition coefficient (Wildman–Crippen LogP) is 1.11. The largest absolute Gasteiger partial charge is 0.381 e. The Morgan fingerprint density at radius 2 is 2.35 bits per heavy atom. The van der Waals surface area contributed by atoms with E-state index < -0.39 is 9.05 Å². The molecule has 1 amide bonds. The molecule has 2 heterocycles. The summed E-state index contributed by atoms with van der Waals surface area (Å²) in [5.74, 6) is -0.00571. The van der Waals surface area contributed by atoms with E-state index >= 15 is 0 Å². The van der Waals surface area contributed by atoms with Crippen LogP contribution in [0.25, 0.3) is 0 Å². The van der Waals surface area contributed by atoms with Gasteiger partial charge in [-0.15, -0.1) is 0 Å². The van der Waals surface area contributed by atoms with Gasteiger partial charge in [-0.3, -0.25) is 4.79 Å². The molecule has 20 heavy (non-hydrogen) atoms. The van der Waals surface area contributed by atoms with Gasteiger partial charge in [0.15, 0.2) is 0 Å². The maximum atomic E-state index is 12.0. The highest BCUT2D eigenvalue weighted by Gasteiger charge is 2.20. The Bertz CT molecular complexity index is 591. The third kappa shape index (κ3) is 3.74. The van der Waals surface area contributed by atoms with Crippen LogP contribution in [0.2, 0.25) is 0 Å². The van der Waals surface area contributed by atoms with E-state index in [9.17, 15) is 13.2 Å². The Morgan fingerprint density at radius 3 is 2.90 bits per heavy atom. The average Bonchev–Trinajstić information content (AvgIpc) is 2.79. The molecule has 1 aromatic heterocycles. The van der Waals surface area contributed by atoms with Crippen molar-refractivity contribution < 1.29 is 17.9 Å². The lowest BCUT2D eigenvalue weighted by Crippen LogP contribution is -2.33. The van der Waals surface area contributed by atoms with Gasteiger partial charge in [0.2, 0.25) is 0 Å². The summed E-state index contributed by atoms with van der Waals surface area (Å²) in [6.07, 6.45) is 3.34. The van der Waals surface area contributed by atoms with Crippen molar-refractivity contribution in [2.45, 2.75) is 17.7 Å². The Hall–Kier alpha value is -1.05. The van der Waals surface area contributed by atoms with Gasteiger partial charge in [0.05, 0.1) is 6.61 Å². The van der Waals surface area contributed by atoms with Crippen molar-refractivity contribution in [1.29, 1.82) is 0 Å². The van der Waals surface area contributed by atoms with E-state index in [1.54, 1.807) is 7.05 Å². The first kappa shape index (κ1) is 15.3. The molecule has 0 spiro atoms. The molecule has 1 atom stereocenters. The molecule has 1 N–H and O–H groups in total. The van der Waals surface area contributed by atoms with E-state index in [-0.39, 0.29) is 16.5 Å². The van der Waals surface area contributed by atoms with Gasteiger partial charge >= 0.3 is 0 Å². The standard InChI is InChI=1S/C12H17ClN2O4S/c1-15-7-10(20(13,17)18)5-11(15)12(16)14-6-9-3-2-4-19-8-9/h5,7,9H,2-4,6,8H2,1H3,(H,14,16). The summed E-state index contributed by atoms with van der Waals surface area (Å²) in [4.78, 5) is 12.0. The number of nitrogens with zero attached hydrogens (tertiary/aromatic N) is 1. The van der Waals surface area contributed by atoms with Crippen LogP contribution in [-0.4, -0.2) is 38.7 Å². The number of aromatic nitrogens is 1. The lowest BCUT2D eigenvalue weighted by Gasteiger charge is -2.22. The lowest BCUT2D eigenvalue weighted by atomic mass is 10.0. The van der Waals surface area contributed by atoms with Crippen LogP contribution in [0.3, 0.4) is 0 Å². The molecule has 2 rings (SSSR count). The normalized spacial score (nSPS) is 19.8. The number of hydrogen-bond donors (Lipinski definition) is 1. The molecule has 0 bridgehead atoms. The van der Waals surface area contributed by atoms with Crippen LogP contribution in [-0.2, 0) is 20.8 Å². The molecule has 0 saturated carbocycles. The summed E-state index contributed by atoms with van der Waals surface area (Å²) in [5, 5.41) is 2.80. The zero-order valence-corrected chi connectivity index (χ0v) is 12.7. The summed E-state index contributed by atoms with van der Waals surface area (Å²) >= 11 is 0. The van der Waals surface area contributed by atoms with E-state index in [0.29, 0.717) is 19.1 Å². The van der Waals surface area contributed by atoms with Crippen molar-refractivity contribution in [2.75, 3.05) is 19.8 Å². The number of ether oxygens (including phenoxy) is 1. The van der Waals surface area contributed by atoms with Gasteiger partial charge in [-0.05, 0) is 24.8 Å². The molecule has 1 unspecified atom stereocenters. The first-order valence-electron chi connectivity index (χ1n) is 6.35. The molecule has 1 aliphatic heterocycles. The van der Waals surface area contributed by atoms with Crippen LogP contribution in [0.5, 0.6) is 0 Å². The third-order valence-electron chi connectivity index (χ3n) is 3.30. The zero-order chi connectivity index (χ0) is 14.8. The second kappa shape index (κ2) is 6.15. The summed E-state index contributed by atoms with van der Waals surface area (Å²) < 4.78 is 29.2. The monoisotopic (exact) mass is 320 g/mol. The van der Waals surface area contributed by atoms with E-state index in [4.69, 9.17) is 15.4 Å². The fraction of sp³-hybridized carbons (Fsp3) is 0.583. The Labute approximate surface area is 122 Å². The van der Waals surface area contributed by atoms with Crippen molar-refractivity contribution in [3.8, 4) is 0 Å². The zero-order valence-electron chi connectivity index (χ0n) is 11.1. The highest BCUT2D eigenvalue weighted by Crippen LogP contribution is 2.18. The molecule has 6 nitrogen and oxygen atoms in total. The van der Waals surface area contributed by atoms with Gasteiger partial charge in [-0.25, -0.2) is 8.42 Å². The molecule has 1 aromatic rings. The molecule has 0 radical (unpaired) electrons. The average molecular weight is 321 g/mol. The van der Waals surface area contributed by atoms with Crippen molar-refractivity contribution in [3.63, 3.8) is 0 Å². The highest BCUT2D eigenvalue weighted by atomic mass is 35.7. The minimum absolute atomic E-state index is 0.0761. The van der Waals surface area contributed by atoms with Crippen LogP contribution < -0.4 is 5.32 Å². The SMILES string of the molecule is Cn1cc(S(=O)(=O)Cl)cc1C(=O)NCC1CCCOC1. The number of halogens is 1. The number of nitrogens with one attached hydrogen (secondary N) is 1. The molecule has 0 aromatic carbocycles. The number of aryl methyl sites for hydroxylation is 1. The fourth-order valence-electron chi connectivity index (χ4n) is 2.19. The Balaban J connectivity index is 2.00. The van der Waals surface area contributed by atoms with Crippen molar-refractivity contribution in [3.05, 3.63) is 18.0 Å². The van der Waals surface area contributed by atoms with Crippen LogP contribution in [0.15, 0.2) is 17.2 Å². The van der Waals surface area contributed by atoms with E-state index in [2.05, 4.69) is 5.32 Å². The van der Waals surface area contributed by atoms with Gasteiger partial charge in [-0.2, -0.15) is 0 Å². The first-order chi connectivity index (χ1) is 9.38. The Kier molecular flexibility index (Phi) is 4.72. The summed E-state index contributed by atoms with van der Waals surface area (Å²) in [6, 6.07) is 1.27. The smallest absolute Gasteiger partial charge is 0.267 e. The highest BCUT2D eigenvalue weighted by molar-refractivity contribution is 8.13. The molecular weight excluding hydrogens is 304 g/mol. The van der Waals surface area contributed by atoms with Gasteiger partial charge in [0.1, 0.15) is 10.6 Å². The Morgan fingerprint density at radius 1 is 1.60 bits per heavy atom. The summed E-state index contributed by atoms with van der Waals surface area (Å²) in [5.41, 5.74) is 0.265. The van der Waals surface area contributed by atoms with E-state index in [1.165, 1.54) is 16.8 Å². The second-order valence-corrected chi connectivity index (χ2v) is 7.47. The number of carbonyl (C=O) groups excluding carboxylic acids is 1. The molecule has 1 saturated heterocycles. The van der Waals surface area contributed by atoms with Gasteiger partial charge < -0.3 is 14.6 Å². The maximum absolute atomic E-state index is 12.0. The van der Waals surface area contributed by atoms with Crippen LogP contribution >= 0.6 is 10.7 Å². The van der Waals surface area contributed by atoms with Crippen molar-refractivity contribution in [1.82, 2.24) is 9.88 Å². The summed E-state index contributed by atoms with van der Waals surface area (Å²) in [6.45, 7) is 1.95. The fourth-order valence-corrected chi connectivity index (χ4v) is 2.98. The van der Waals surface area contributed by atoms with Crippen molar-refractivity contribution in [2.24, 2.45) is 13.0 Å². The minimum Gasteiger partial charge on any atom is -0.381 e. The predicted molar refractivity (Wildman–Crippen MR) is 74.3 cm³/mol. The summed E-state index contributed by atoms with van der Waals surface area (Å²) in [7, 11) is 3.04. The lowest BCUT2D eigenvalue weighted by molar-refractivity contribution is 0.0535. The maximum Gasteiger partial charge on any atom is 0.267 e. The molecule has 1 fully saturated rings. The number of rotatable bonds is 4. The first-order valence-corrected chi connectivity index (χ1v) is 8.66. The molecule has 112 valence electrons. The molecule has 0 aliphatic carbocycles. The topological polar surface area (TPSA) is 77.4 Å². The van der Waals surface area contributed by atoms with E-state index in [0.717, 1.165) is 19.4 Å². The van der Waals surface area contributed by atoms with Crippen LogP contribution in [0, 0.1) is 5.92 Å². The molecule has 8 heteroatoms. The quantitative estimate of drug-likeness (QED) is 0.843. The molecular formula is C12H17ClN2O4S. The molecule has 1 aliphatic rings. The van der Waals surface area contributed by atoms with E-state index in [1.807, 2.05) is 0 Å². The van der Waals surface area contributed by atoms with Crippen LogP contribution in [0.1, 0.15) is 23.3 Å². The number of carbonyl (C=O) groups is 1. The van der Waals surface area contributed by atoms with Gasteiger partial charge in [0.25, 0.3) is 15.0 Å². The number of hydrogen-bond acceptors (Lipinski definition) is 4. The minimum atomic E-state index is -3.82.